The number of carbonyl (C=O) groups is 1. The molecule has 0 aliphatic carbocycles. The zero-order chi connectivity index (χ0) is 23.1. The van der Waals surface area contributed by atoms with E-state index in [0.29, 0.717) is 5.69 Å². The first-order chi connectivity index (χ1) is 15.3. The predicted octanol–water partition coefficient (Wildman–Crippen LogP) is 3.18. The smallest absolute Gasteiger partial charge is 0.271 e. The summed E-state index contributed by atoms with van der Waals surface area (Å²) in [5.41, 5.74) is 2.53. The van der Waals surface area contributed by atoms with Gasteiger partial charge in [-0.2, -0.15) is 4.37 Å². The first-order valence-corrected chi connectivity index (χ1v) is 11.7. The molecule has 0 bridgehead atoms. The lowest BCUT2D eigenvalue weighted by Gasteiger charge is -2.10. The molecule has 0 saturated carbocycles. The summed E-state index contributed by atoms with van der Waals surface area (Å²) in [4.78, 5) is 12.0. The maximum absolute atomic E-state index is 12.5. The van der Waals surface area contributed by atoms with Crippen molar-refractivity contribution in [2.45, 2.75) is 11.8 Å². The number of amides is 1. The Morgan fingerprint density at radius 2 is 1.78 bits per heavy atom. The lowest BCUT2D eigenvalue weighted by atomic mass is 10.1. The molecule has 2 aromatic carbocycles. The van der Waals surface area contributed by atoms with Crippen LogP contribution in [0.3, 0.4) is 0 Å². The van der Waals surface area contributed by atoms with Crippen LogP contribution >= 0.6 is 23.9 Å². The molecule has 0 aliphatic heterocycles. The maximum Gasteiger partial charge on any atom is 0.271 e. The van der Waals surface area contributed by atoms with Crippen LogP contribution in [0.1, 0.15) is 11.1 Å². The first kappa shape index (κ1) is 23.3. The van der Waals surface area contributed by atoms with Gasteiger partial charge < -0.3 is 10.1 Å². The third-order valence-corrected chi connectivity index (χ3v) is 6.12. The zero-order valence-corrected chi connectivity index (χ0v) is 19.5. The molecule has 0 unspecified atom stereocenters. The minimum atomic E-state index is -3.88. The summed E-state index contributed by atoms with van der Waals surface area (Å²) in [5, 5.41) is 5.44. The Hall–Kier alpha value is -3.35. The Morgan fingerprint density at radius 3 is 2.44 bits per heavy atom. The van der Waals surface area contributed by atoms with Gasteiger partial charge in [0, 0.05) is 11.8 Å². The van der Waals surface area contributed by atoms with Crippen LogP contribution in [0.5, 0.6) is 5.88 Å². The SMILES string of the molecule is COc1nsnc1NS(=O)(=O)c1ccc(NC(=S)NC(=O)/C=C/c2ccc(C)cc2)cc1. The molecule has 3 N–H and O–H groups in total. The molecule has 0 aliphatic rings. The average molecular weight is 490 g/mol. The summed E-state index contributed by atoms with van der Waals surface area (Å²) in [7, 11) is -2.51. The number of benzene rings is 2. The van der Waals surface area contributed by atoms with Gasteiger partial charge in [0.05, 0.1) is 23.7 Å². The maximum atomic E-state index is 12.5. The third-order valence-electron chi connectivity index (χ3n) is 4.05. The second-order valence-corrected chi connectivity index (χ2v) is 9.06. The largest absolute Gasteiger partial charge is 0.478 e. The Balaban J connectivity index is 1.57. The van der Waals surface area contributed by atoms with Gasteiger partial charge in [-0.05, 0) is 55.0 Å². The van der Waals surface area contributed by atoms with Gasteiger partial charge in [-0.15, -0.1) is 4.37 Å². The highest BCUT2D eigenvalue weighted by molar-refractivity contribution is 7.92. The van der Waals surface area contributed by atoms with Gasteiger partial charge in [0.1, 0.15) is 0 Å². The first-order valence-electron chi connectivity index (χ1n) is 9.13. The van der Waals surface area contributed by atoms with Crippen LogP contribution in [0.25, 0.3) is 6.08 Å². The van der Waals surface area contributed by atoms with Crippen LogP contribution in [-0.2, 0) is 14.8 Å². The average Bonchev–Trinajstić information content (AvgIpc) is 3.20. The van der Waals surface area contributed by atoms with Gasteiger partial charge in [0.2, 0.25) is 11.7 Å². The summed E-state index contributed by atoms with van der Waals surface area (Å²) < 4.78 is 40.0. The molecule has 9 nitrogen and oxygen atoms in total. The highest BCUT2D eigenvalue weighted by atomic mass is 32.2. The molecule has 166 valence electrons. The van der Waals surface area contributed by atoms with Gasteiger partial charge in [-0.3, -0.25) is 14.8 Å². The van der Waals surface area contributed by atoms with E-state index >= 15 is 0 Å². The molecule has 0 spiro atoms. The number of methoxy groups -OCH3 is 1. The number of thiocarbonyl (C=S) groups is 1. The number of nitrogens with zero attached hydrogens (tertiary/aromatic N) is 2. The van der Waals surface area contributed by atoms with E-state index in [2.05, 4.69) is 24.1 Å². The van der Waals surface area contributed by atoms with Crippen LogP contribution in [0.15, 0.2) is 59.5 Å². The number of carbonyl (C=O) groups excluding carboxylic acids is 1. The highest BCUT2D eigenvalue weighted by Crippen LogP contribution is 2.24. The highest BCUT2D eigenvalue weighted by Gasteiger charge is 2.19. The van der Waals surface area contributed by atoms with Gasteiger partial charge in [-0.25, -0.2) is 8.42 Å². The Kier molecular flexibility index (Phi) is 7.51. The summed E-state index contributed by atoms with van der Waals surface area (Å²) in [6, 6.07) is 13.5. The summed E-state index contributed by atoms with van der Waals surface area (Å²) in [5.74, 6) is -0.283. The lowest BCUT2D eigenvalue weighted by molar-refractivity contribution is -0.115. The number of hydrogen-bond donors (Lipinski definition) is 3. The molecule has 0 fully saturated rings. The molecule has 3 aromatic rings. The van der Waals surface area contributed by atoms with Crippen molar-refractivity contribution >= 4 is 62.6 Å². The van der Waals surface area contributed by atoms with Crippen molar-refractivity contribution in [3.05, 3.63) is 65.7 Å². The number of aromatic nitrogens is 2. The van der Waals surface area contributed by atoms with Crippen molar-refractivity contribution in [1.29, 1.82) is 0 Å². The molecule has 32 heavy (non-hydrogen) atoms. The van der Waals surface area contributed by atoms with Crippen molar-refractivity contribution in [3.8, 4) is 5.88 Å². The molecule has 0 saturated heterocycles. The molecule has 3 rings (SSSR count). The van der Waals surface area contributed by atoms with Crippen molar-refractivity contribution in [2.75, 3.05) is 17.1 Å². The molecular weight excluding hydrogens is 470 g/mol. The van der Waals surface area contributed by atoms with Crippen LogP contribution in [0.4, 0.5) is 11.5 Å². The number of sulfonamides is 1. The minimum absolute atomic E-state index is 0.00841. The molecule has 0 atom stereocenters. The Bertz CT molecular complexity index is 1240. The number of nitrogens with one attached hydrogen (secondary N) is 3. The fraction of sp³-hybridized carbons (Fsp3) is 0.100. The summed E-state index contributed by atoms with van der Waals surface area (Å²) in [6.45, 7) is 1.98. The van der Waals surface area contributed by atoms with Gasteiger partial charge >= 0.3 is 0 Å². The van der Waals surface area contributed by atoms with Gasteiger partial charge in [-0.1, -0.05) is 29.8 Å². The van der Waals surface area contributed by atoms with Crippen molar-refractivity contribution < 1.29 is 17.9 Å². The quantitative estimate of drug-likeness (QED) is 0.342. The van der Waals surface area contributed by atoms with E-state index in [4.69, 9.17) is 17.0 Å². The molecule has 1 amide bonds. The second-order valence-electron chi connectivity index (χ2n) is 6.44. The predicted molar refractivity (Wildman–Crippen MR) is 128 cm³/mol. The molecule has 0 radical (unpaired) electrons. The number of anilines is 2. The van der Waals surface area contributed by atoms with Crippen LogP contribution < -0.4 is 20.1 Å². The minimum Gasteiger partial charge on any atom is -0.478 e. The van der Waals surface area contributed by atoms with E-state index in [-0.39, 0.29) is 21.7 Å². The number of aryl methyl sites for hydroxylation is 1. The fourth-order valence-electron chi connectivity index (χ4n) is 2.45. The van der Waals surface area contributed by atoms with E-state index in [1.807, 2.05) is 31.2 Å². The van der Waals surface area contributed by atoms with Gasteiger partial charge in [0.15, 0.2) is 5.11 Å². The Labute approximate surface area is 194 Å². The fourth-order valence-corrected chi connectivity index (χ4v) is 4.20. The molecule has 12 heteroatoms. The number of ether oxygens (including phenoxy) is 1. The third kappa shape index (κ3) is 6.33. The normalized spacial score (nSPS) is 11.2. The van der Waals surface area contributed by atoms with Gasteiger partial charge in [0.25, 0.3) is 15.9 Å². The zero-order valence-electron chi connectivity index (χ0n) is 17.0. The lowest BCUT2D eigenvalue weighted by Crippen LogP contribution is -2.32. The van der Waals surface area contributed by atoms with E-state index in [1.165, 1.54) is 37.5 Å². The van der Waals surface area contributed by atoms with Crippen LogP contribution in [-0.4, -0.2) is 35.3 Å². The topological polar surface area (TPSA) is 122 Å². The molecule has 1 heterocycles. The van der Waals surface area contributed by atoms with E-state index in [9.17, 15) is 13.2 Å². The van der Waals surface area contributed by atoms with E-state index < -0.39 is 15.9 Å². The van der Waals surface area contributed by atoms with Crippen molar-refractivity contribution in [1.82, 2.24) is 14.1 Å². The van der Waals surface area contributed by atoms with Crippen molar-refractivity contribution in [3.63, 3.8) is 0 Å². The molecular formula is C20H19N5O4S3. The van der Waals surface area contributed by atoms with Crippen LogP contribution in [0, 0.1) is 6.92 Å². The number of rotatable bonds is 7. The summed E-state index contributed by atoms with van der Waals surface area (Å²) in [6.07, 6.45) is 3.05. The second kappa shape index (κ2) is 10.3. The van der Waals surface area contributed by atoms with Crippen molar-refractivity contribution in [2.24, 2.45) is 0 Å². The Morgan fingerprint density at radius 1 is 1.09 bits per heavy atom. The summed E-state index contributed by atoms with van der Waals surface area (Å²) >= 11 is 5.96. The standard InChI is InChI=1S/C20H19N5O4S3/c1-13-3-5-14(6-4-13)7-12-17(26)22-20(30)21-15-8-10-16(11-9-15)32(27,28)25-18-19(29-2)24-31-23-18/h3-12H,1-2H3,(H,23,25)(H2,21,22,26,30)/b12-7+. The molecule has 1 aromatic heterocycles. The van der Waals surface area contributed by atoms with E-state index in [1.54, 1.807) is 6.08 Å². The van der Waals surface area contributed by atoms with Crippen LogP contribution in [0.2, 0.25) is 0 Å². The number of hydrogen-bond acceptors (Lipinski definition) is 8. The van der Waals surface area contributed by atoms with E-state index in [0.717, 1.165) is 22.9 Å². The monoisotopic (exact) mass is 489 g/mol.